The van der Waals surface area contributed by atoms with Crippen molar-refractivity contribution in [3.63, 3.8) is 0 Å². The van der Waals surface area contributed by atoms with Crippen molar-refractivity contribution in [3.05, 3.63) is 162 Å². The third kappa shape index (κ3) is 4.58. The standard InChI is InChI=1S/C33H29N3O/c1-5-13-26(14-6-1)24-37-35-22-27-21-31(27)32-23-36(25-34-32)33(28-15-7-2-8-16-28,29-17-9-3-10-18-29)30-19-11-4-12-20-30/h1-20,22-23,25,27,31H,21,24H2/b35-22-/t27-,31+/m0/s1. The van der Waals surface area contributed by atoms with Gasteiger partial charge >= 0.3 is 0 Å². The maximum atomic E-state index is 5.53. The Morgan fingerprint density at radius 3 is 1.81 bits per heavy atom. The predicted octanol–water partition coefficient (Wildman–Crippen LogP) is 7.03. The molecule has 2 atom stereocenters. The molecular weight excluding hydrogens is 454 g/mol. The molecule has 182 valence electrons. The summed E-state index contributed by atoms with van der Waals surface area (Å²) in [5, 5.41) is 4.24. The van der Waals surface area contributed by atoms with Gasteiger partial charge in [0, 0.05) is 24.2 Å². The Hall–Kier alpha value is -4.44. The minimum atomic E-state index is -0.535. The Bertz CT molecular complexity index is 1350. The molecular formula is C33H29N3O. The number of nitrogens with zero attached hydrogens (tertiary/aromatic N) is 3. The highest BCUT2D eigenvalue weighted by Crippen LogP contribution is 2.47. The van der Waals surface area contributed by atoms with Crippen LogP contribution >= 0.6 is 0 Å². The fourth-order valence-corrected chi connectivity index (χ4v) is 5.22. The minimum Gasteiger partial charge on any atom is -0.391 e. The molecule has 0 unspecified atom stereocenters. The van der Waals surface area contributed by atoms with Gasteiger partial charge in [-0.2, -0.15) is 0 Å². The van der Waals surface area contributed by atoms with E-state index in [2.05, 4.69) is 107 Å². The summed E-state index contributed by atoms with van der Waals surface area (Å²) in [6.07, 6.45) is 7.17. The summed E-state index contributed by atoms with van der Waals surface area (Å²) in [6, 6.07) is 42.2. The lowest BCUT2D eigenvalue weighted by Gasteiger charge is -2.37. The lowest BCUT2D eigenvalue weighted by atomic mass is 9.77. The molecule has 1 aliphatic carbocycles. The molecule has 4 heteroatoms. The lowest BCUT2D eigenvalue weighted by Crippen LogP contribution is -2.36. The highest BCUT2D eigenvalue weighted by Gasteiger charge is 2.42. The summed E-state index contributed by atoms with van der Waals surface area (Å²) in [5.74, 6) is 0.698. The van der Waals surface area contributed by atoms with Gasteiger partial charge < -0.3 is 9.40 Å². The minimum absolute atomic E-state index is 0.346. The summed E-state index contributed by atoms with van der Waals surface area (Å²) >= 11 is 0. The quantitative estimate of drug-likeness (QED) is 0.128. The first-order valence-electron chi connectivity index (χ1n) is 12.8. The second-order valence-electron chi connectivity index (χ2n) is 9.53. The highest BCUT2D eigenvalue weighted by molar-refractivity contribution is 5.66. The van der Waals surface area contributed by atoms with Gasteiger partial charge in [-0.25, -0.2) is 4.98 Å². The molecule has 0 amide bonds. The molecule has 0 bridgehead atoms. The molecule has 5 aromatic rings. The first-order chi connectivity index (χ1) is 18.4. The summed E-state index contributed by atoms with van der Waals surface area (Å²) in [5.41, 5.74) is 5.25. The van der Waals surface area contributed by atoms with E-state index in [1.54, 1.807) is 0 Å². The number of rotatable bonds is 9. The number of hydrogen-bond donors (Lipinski definition) is 0. The van der Waals surface area contributed by atoms with Gasteiger partial charge in [0.15, 0.2) is 0 Å². The second kappa shape index (κ2) is 10.3. The topological polar surface area (TPSA) is 39.4 Å². The average molecular weight is 484 g/mol. The van der Waals surface area contributed by atoms with Gasteiger partial charge in [-0.1, -0.05) is 126 Å². The van der Waals surface area contributed by atoms with Crippen LogP contribution in [0.15, 0.2) is 139 Å². The normalized spacial score (nSPS) is 17.1. The van der Waals surface area contributed by atoms with Crippen LogP contribution in [0.2, 0.25) is 0 Å². The van der Waals surface area contributed by atoms with Crippen LogP contribution in [-0.4, -0.2) is 15.8 Å². The zero-order chi connectivity index (χ0) is 24.9. The van der Waals surface area contributed by atoms with E-state index >= 15 is 0 Å². The van der Waals surface area contributed by atoms with Gasteiger partial charge in [0.2, 0.25) is 0 Å². The fraction of sp³-hybridized carbons (Fsp3) is 0.152. The smallest absolute Gasteiger partial charge is 0.142 e. The number of hydrogen-bond acceptors (Lipinski definition) is 3. The Balaban J connectivity index is 1.31. The Morgan fingerprint density at radius 2 is 1.27 bits per heavy atom. The lowest BCUT2D eigenvalue weighted by molar-refractivity contribution is 0.131. The SMILES string of the molecule is C(=N/OCc1ccccc1)/[C@@H]1C[C@H]1c1cn(C(c2ccccc2)(c2ccccc2)c2ccccc2)cn1. The van der Waals surface area contributed by atoms with Crippen molar-refractivity contribution < 1.29 is 4.84 Å². The zero-order valence-electron chi connectivity index (χ0n) is 20.6. The van der Waals surface area contributed by atoms with Gasteiger partial charge in [-0.3, -0.25) is 0 Å². The van der Waals surface area contributed by atoms with Crippen LogP contribution in [0.3, 0.4) is 0 Å². The van der Waals surface area contributed by atoms with Crippen molar-refractivity contribution in [3.8, 4) is 0 Å². The zero-order valence-corrected chi connectivity index (χ0v) is 20.6. The van der Waals surface area contributed by atoms with Crippen LogP contribution in [0.4, 0.5) is 0 Å². The van der Waals surface area contributed by atoms with E-state index in [4.69, 9.17) is 9.82 Å². The molecule has 0 saturated heterocycles. The molecule has 1 aliphatic rings. The highest BCUT2D eigenvalue weighted by atomic mass is 16.6. The van der Waals surface area contributed by atoms with E-state index in [9.17, 15) is 0 Å². The summed E-state index contributed by atoms with van der Waals surface area (Å²) in [4.78, 5) is 10.4. The first kappa shape index (κ1) is 23.0. The first-order valence-corrected chi connectivity index (χ1v) is 12.8. The monoisotopic (exact) mass is 483 g/mol. The van der Waals surface area contributed by atoms with Crippen LogP contribution in [0, 0.1) is 5.92 Å². The second-order valence-corrected chi connectivity index (χ2v) is 9.53. The molecule has 6 rings (SSSR count). The summed E-state index contributed by atoms with van der Waals surface area (Å²) < 4.78 is 2.28. The van der Waals surface area contributed by atoms with Gasteiger partial charge in [-0.15, -0.1) is 0 Å². The maximum absolute atomic E-state index is 5.53. The van der Waals surface area contributed by atoms with Crippen molar-refractivity contribution in [1.82, 2.24) is 9.55 Å². The van der Waals surface area contributed by atoms with Crippen LogP contribution in [-0.2, 0) is 17.0 Å². The van der Waals surface area contributed by atoms with E-state index < -0.39 is 5.54 Å². The van der Waals surface area contributed by atoms with Gasteiger partial charge in [-0.05, 0) is 28.7 Å². The molecule has 1 fully saturated rings. The van der Waals surface area contributed by atoms with Crippen LogP contribution in [0.5, 0.6) is 0 Å². The molecule has 0 aliphatic heterocycles. The van der Waals surface area contributed by atoms with E-state index in [0.29, 0.717) is 18.4 Å². The van der Waals surface area contributed by atoms with Crippen molar-refractivity contribution in [2.45, 2.75) is 24.5 Å². The number of benzene rings is 4. The molecule has 4 aromatic carbocycles. The summed E-state index contributed by atoms with van der Waals surface area (Å²) in [6.45, 7) is 0.483. The van der Waals surface area contributed by atoms with Crippen LogP contribution in [0.1, 0.15) is 40.3 Å². The van der Waals surface area contributed by atoms with E-state index in [1.807, 2.05) is 42.9 Å². The predicted molar refractivity (Wildman–Crippen MR) is 147 cm³/mol. The number of aromatic nitrogens is 2. The molecule has 4 nitrogen and oxygen atoms in total. The van der Waals surface area contributed by atoms with Gasteiger partial charge in [0.1, 0.15) is 12.1 Å². The van der Waals surface area contributed by atoms with Crippen LogP contribution in [0.25, 0.3) is 0 Å². The Labute approximate surface area is 217 Å². The Morgan fingerprint density at radius 1 is 0.757 bits per heavy atom. The van der Waals surface area contributed by atoms with E-state index in [-0.39, 0.29) is 0 Å². The van der Waals surface area contributed by atoms with Gasteiger partial charge in [0.25, 0.3) is 0 Å². The third-order valence-corrected chi connectivity index (χ3v) is 7.19. The van der Waals surface area contributed by atoms with E-state index in [0.717, 1.165) is 17.7 Å². The van der Waals surface area contributed by atoms with Gasteiger partial charge in [0.05, 0.1) is 12.0 Å². The number of oxime groups is 1. The Kier molecular flexibility index (Phi) is 6.38. The molecule has 1 aromatic heterocycles. The maximum Gasteiger partial charge on any atom is 0.142 e. The molecule has 1 saturated carbocycles. The van der Waals surface area contributed by atoms with Crippen LogP contribution < -0.4 is 0 Å². The third-order valence-electron chi connectivity index (χ3n) is 7.19. The van der Waals surface area contributed by atoms with E-state index in [1.165, 1.54) is 16.7 Å². The van der Waals surface area contributed by atoms with Crippen molar-refractivity contribution in [2.75, 3.05) is 0 Å². The van der Waals surface area contributed by atoms with Crippen molar-refractivity contribution >= 4 is 6.21 Å². The summed E-state index contributed by atoms with van der Waals surface area (Å²) in [7, 11) is 0. The average Bonchev–Trinajstić information content (AvgIpc) is 3.58. The van der Waals surface area contributed by atoms with Crippen molar-refractivity contribution in [2.24, 2.45) is 11.1 Å². The molecule has 0 spiro atoms. The molecule has 1 heterocycles. The largest absolute Gasteiger partial charge is 0.391 e. The molecule has 0 N–H and O–H groups in total. The number of imidazole rings is 1. The fourth-order valence-electron chi connectivity index (χ4n) is 5.22. The molecule has 0 radical (unpaired) electrons. The van der Waals surface area contributed by atoms with Crippen molar-refractivity contribution in [1.29, 1.82) is 0 Å². The molecule has 37 heavy (non-hydrogen) atoms.